The van der Waals surface area contributed by atoms with Crippen LogP contribution in [0.2, 0.25) is 0 Å². The highest BCUT2D eigenvalue weighted by Gasteiger charge is 2.48. The van der Waals surface area contributed by atoms with Crippen LogP contribution >= 0.6 is 0 Å². The van der Waals surface area contributed by atoms with E-state index in [4.69, 9.17) is 9.26 Å². The minimum atomic E-state index is -0.296. The number of fused-ring (bicyclic) bond motifs is 4. The summed E-state index contributed by atoms with van der Waals surface area (Å²) in [6, 6.07) is 4.00. The van der Waals surface area contributed by atoms with Crippen molar-refractivity contribution in [3.05, 3.63) is 40.8 Å². The van der Waals surface area contributed by atoms with E-state index in [1.807, 2.05) is 12.3 Å². The molecular formula is C20H25NO3. The Balaban J connectivity index is 1.87. The highest BCUT2D eigenvalue weighted by molar-refractivity contribution is 5.54. The van der Waals surface area contributed by atoms with Gasteiger partial charge in [0.05, 0.1) is 6.20 Å². The van der Waals surface area contributed by atoms with Gasteiger partial charge in [0.1, 0.15) is 22.9 Å². The monoisotopic (exact) mass is 327 g/mol. The van der Waals surface area contributed by atoms with Gasteiger partial charge in [-0.2, -0.15) is 0 Å². The third-order valence-corrected chi connectivity index (χ3v) is 5.68. The number of hydrogen-bond donors (Lipinski definition) is 1. The molecule has 0 amide bonds. The zero-order chi connectivity index (χ0) is 17.3. The van der Waals surface area contributed by atoms with Gasteiger partial charge in [-0.15, -0.1) is 0 Å². The van der Waals surface area contributed by atoms with E-state index in [0.29, 0.717) is 11.7 Å². The fraction of sp³-hybridized carbons (Fsp3) is 0.550. The van der Waals surface area contributed by atoms with Gasteiger partial charge in [-0.1, -0.05) is 25.9 Å². The maximum Gasteiger partial charge on any atom is 0.140 e. The van der Waals surface area contributed by atoms with E-state index in [-0.39, 0.29) is 16.9 Å². The first-order valence-electron chi connectivity index (χ1n) is 8.65. The van der Waals surface area contributed by atoms with E-state index in [1.165, 1.54) is 5.56 Å². The smallest absolute Gasteiger partial charge is 0.140 e. The molecule has 4 heteroatoms. The second kappa shape index (κ2) is 4.78. The van der Waals surface area contributed by atoms with Gasteiger partial charge in [-0.25, -0.2) is 0 Å². The number of phenols is 1. The molecule has 1 aliphatic carbocycles. The van der Waals surface area contributed by atoms with Crippen molar-refractivity contribution in [2.75, 3.05) is 0 Å². The summed E-state index contributed by atoms with van der Waals surface area (Å²) in [6.07, 6.45) is 3.46. The van der Waals surface area contributed by atoms with Crippen LogP contribution in [0, 0.1) is 5.92 Å². The highest BCUT2D eigenvalue weighted by Crippen LogP contribution is 2.54. The lowest BCUT2D eigenvalue weighted by Crippen LogP contribution is -2.47. The van der Waals surface area contributed by atoms with Crippen molar-refractivity contribution in [2.45, 2.75) is 64.4 Å². The van der Waals surface area contributed by atoms with Gasteiger partial charge < -0.3 is 14.4 Å². The molecule has 0 fully saturated rings. The van der Waals surface area contributed by atoms with E-state index in [1.54, 1.807) is 0 Å². The van der Waals surface area contributed by atoms with E-state index in [0.717, 1.165) is 35.5 Å². The summed E-state index contributed by atoms with van der Waals surface area (Å²) >= 11 is 0. The topological polar surface area (TPSA) is 55.5 Å². The van der Waals surface area contributed by atoms with Crippen molar-refractivity contribution in [2.24, 2.45) is 5.92 Å². The minimum Gasteiger partial charge on any atom is -0.508 e. The maximum absolute atomic E-state index is 10.8. The molecule has 2 aromatic rings. The fourth-order valence-corrected chi connectivity index (χ4v) is 4.23. The number of hydrogen-bond acceptors (Lipinski definition) is 4. The molecule has 2 heterocycles. The molecule has 1 aromatic carbocycles. The Hall–Kier alpha value is -1.97. The van der Waals surface area contributed by atoms with Crippen LogP contribution < -0.4 is 4.74 Å². The number of phenolic OH excluding ortho intramolecular Hbond substituents is 1. The number of ether oxygens (including phenoxy) is 1. The van der Waals surface area contributed by atoms with Crippen LogP contribution in [0.5, 0.6) is 11.5 Å². The minimum absolute atomic E-state index is 0.0402. The fourth-order valence-electron chi connectivity index (χ4n) is 4.23. The Morgan fingerprint density at radius 2 is 1.96 bits per heavy atom. The first-order chi connectivity index (χ1) is 11.2. The molecule has 4 nitrogen and oxygen atoms in total. The second-order valence-electron chi connectivity index (χ2n) is 8.76. The average molecular weight is 327 g/mol. The third-order valence-electron chi connectivity index (χ3n) is 5.68. The zero-order valence-corrected chi connectivity index (χ0v) is 15.0. The lowest BCUT2D eigenvalue weighted by molar-refractivity contribution is 0.00385. The second-order valence-corrected chi connectivity index (χ2v) is 8.76. The van der Waals surface area contributed by atoms with Crippen molar-refractivity contribution in [1.29, 1.82) is 0 Å². The molecule has 2 unspecified atom stereocenters. The SMILES string of the molecule is CC(C)(C)c1cc(O)c2c(c1)OC(C)(C)C1Cc3cnoc3CC21. The summed E-state index contributed by atoms with van der Waals surface area (Å²) in [5, 5.41) is 14.7. The predicted octanol–water partition coefficient (Wildman–Crippen LogP) is 4.35. The number of benzene rings is 1. The van der Waals surface area contributed by atoms with Gasteiger partial charge in [0.15, 0.2) is 0 Å². The van der Waals surface area contributed by atoms with Gasteiger partial charge in [-0.05, 0) is 43.4 Å². The predicted molar refractivity (Wildman–Crippen MR) is 91.7 cm³/mol. The summed E-state index contributed by atoms with van der Waals surface area (Å²) in [7, 11) is 0. The highest BCUT2D eigenvalue weighted by atomic mass is 16.5. The molecule has 0 radical (unpaired) electrons. The molecule has 2 atom stereocenters. The Morgan fingerprint density at radius 3 is 2.67 bits per heavy atom. The van der Waals surface area contributed by atoms with Crippen LogP contribution in [0.4, 0.5) is 0 Å². The first kappa shape index (κ1) is 15.6. The summed E-state index contributed by atoms with van der Waals surface area (Å²) in [5.74, 6) is 2.58. The van der Waals surface area contributed by atoms with E-state index < -0.39 is 0 Å². The summed E-state index contributed by atoms with van der Waals surface area (Å²) in [5.41, 5.74) is 2.85. The molecule has 0 saturated heterocycles. The number of aromatic hydroxyl groups is 1. The Bertz CT molecular complexity index is 798. The van der Waals surface area contributed by atoms with Crippen molar-refractivity contribution < 1.29 is 14.4 Å². The molecule has 128 valence electrons. The summed E-state index contributed by atoms with van der Waals surface area (Å²) in [6.45, 7) is 10.7. The molecule has 0 bridgehead atoms. The first-order valence-corrected chi connectivity index (χ1v) is 8.65. The molecule has 0 spiro atoms. The quantitative estimate of drug-likeness (QED) is 0.781. The Labute approximate surface area is 142 Å². The average Bonchev–Trinajstić information content (AvgIpc) is 2.90. The van der Waals surface area contributed by atoms with Gasteiger partial charge in [0.25, 0.3) is 0 Å². The lowest BCUT2D eigenvalue weighted by atomic mass is 9.66. The largest absolute Gasteiger partial charge is 0.508 e. The van der Waals surface area contributed by atoms with Crippen LogP contribution in [-0.2, 0) is 18.3 Å². The van der Waals surface area contributed by atoms with Gasteiger partial charge in [0.2, 0.25) is 0 Å². The third kappa shape index (κ3) is 2.23. The standard InChI is InChI=1S/C20H25NO3/c1-19(2,3)12-7-15(22)18-13-9-16-11(10-21-24-16)6-14(13)20(4,5)23-17(18)8-12/h7-8,10,13-14,22H,6,9H2,1-5H3. The van der Waals surface area contributed by atoms with Gasteiger partial charge in [0, 0.05) is 29.4 Å². The van der Waals surface area contributed by atoms with Crippen molar-refractivity contribution in [3.63, 3.8) is 0 Å². The molecular weight excluding hydrogens is 302 g/mol. The van der Waals surface area contributed by atoms with Gasteiger partial charge >= 0.3 is 0 Å². The number of aromatic nitrogens is 1. The van der Waals surface area contributed by atoms with Crippen molar-refractivity contribution in [1.82, 2.24) is 5.16 Å². The van der Waals surface area contributed by atoms with E-state index >= 15 is 0 Å². The molecule has 0 saturated carbocycles. The van der Waals surface area contributed by atoms with Gasteiger partial charge in [-0.3, -0.25) is 0 Å². The maximum atomic E-state index is 10.8. The zero-order valence-electron chi connectivity index (χ0n) is 15.0. The van der Waals surface area contributed by atoms with Crippen LogP contribution in [0.3, 0.4) is 0 Å². The molecule has 24 heavy (non-hydrogen) atoms. The van der Waals surface area contributed by atoms with Crippen LogP contribution in [0.15, 0.2) is 22.9 Å². The van der Waals surface area contributed by atoms with Crippen LogP contribution in [0.1, 0.15) is 63.0 Å². The lowest BCUT2D eigenvalue weighted by Gasteiger charge is -2.47. The molecule has 4 rings (SSSR count). The molecule has 1 N–H and O–H groups in total. The number of nitrogens with zero attached hydrogens (tertiary/aromatic N) is 1. The van der Waals surface area contributed by atoms with Crippen LogP contribution in [-0.4, -0.2) is 15.9 Å². The molecule has 1 aliphatic heterocycles. The van der Waals surface area contributed by atoms with Crippen molar-refractivity contribution >= 4 is 0 Å². The normalized spacial score (nSPS) is 24.5. The van der Waals surface area contributed by atoms with Crippen LogP contribution in [0.25, 0.3) is 0 Å². The van der Waals surface area contributed by atoms with E-state index in [2.05, 4.69) is 45.8 Å². The molecule has 1 aromatic heterocycles. The Kier molecular flexibility index (Phi) is 3.09. The van der Waals surface area contributed by atoms with Crippen molar-refractivity contribution in [3.8, 4) is 11.5 Å². The number of rotatable bonds is 0. The summed E-state index contributed by atoms with van der Waals surface area (Å²) < 4.78 is 11.8. The molecule has 2 aliphatic rings. The van der Waals surface area contributed by atoms with E-state index in [9.17, 15) is 5.11 Å². The summed E-state index contributed by atoms with van der Waals surface area (Å²) in [4.78, 5) is 0. The Morgan fingerprint density at radius 1 is 1.21 bits per heavy atom.